The molecular weight excluding hydrogens is 152 g/mol. The second-order valence-corrected chi connectivity index (χ2v) is 2.79. The van der Waals surface area contributed by atoms with Crippen LogP contribution in [0.25, 0.3) is 10.9 Å². The van der Waals surface area contributed by atoms with Crippen molar-refractivity contribution in [3.05, 3.63) is 29.5 Å². The van der Waals surface area contributed by atoms with Crippen molar-refractivity contribution in [1.29, 1.82) is 0 Å². The van der Waals surface area contributed by atoms with Crippen LogP contribution >= 0.6 is 0 Å². The van der Waals surface area contributed by atoms with Crippen LogP contribution in [0.5, 0.6) is 0 Å². The summed E-state index contributed by atoms with van der Waals surface area (Å²) in [7, 11) is 0. The van der Waals surface area contributed by atoms with Crippen LogP contribution in [-0.4, -0.2) is 16.5 Å². The van der Waals surface area contributed by atoms with E-state index in [-0.39, 0.29) is 0 Å². The molecule has 1 heterocycles. The van der Waals surface area contributed by atoms with Crippen LogP contribution in [-0.2, 0) is 0 Å². The average molecular weight is 160 g/mol. The van der Waals surface area contributed by atoms with Gasteiger partial charge < -0.3 is 0 Å². The molecule has 3 heteroatoms. The number of carbonyl (C=O) groups excluding carboxylic acids is 1. The van der Waals surface area contributed by atoms with Gasteiger partial charge in [-0.3, -0.25) is 9.89 Å². The van der Waals surface area contributed by atoms with E-state index >= 15 is 0 Å². The molecule has 60 valence electrons. The molecule has 0 fully saturated rings. The third kappa shape index (κ3) is 0.906. The number of aldehydes is 1. The molecule has 12 heavy (non-hydrogen) atoms. The number of aromatic nitrogens is 2. The van der Waals surface area contributed by atoms with Gasteiger partial charge in [0.05, 0.1) is 11.7 Å². The van der Waals surface area contributed by atoms with E-state index < -0.39 is 0 Å². The topological polar surface area (TPSA) is 45.8 Å². The Morgan fingerprint density at radius 2 is 2.33 bits per heavy atom. The Bertz CT molecular complexity index is 431. The normalized spacial score (nSPS) is 10.4. The second-order valence-electron chi connectivity index (χ2n) is 2.79. The highest BCUT2D eigenvalue weighted by Crippen LogP contribution is 2.16. The number of rotatable bonds is 1. The fourth-order valence-electron chi connectivity index (χ4n) is 1.32. The van der Waals surface area contributed by atoms with Crippen molar-refractivity contribution in [3.63, 3.8) is 0 Å². The Morgan fingerprint density at radius 1 is 1.50 bits per heavy atom. The zero-order valence-electron chi connectivity index (χ0n) is 6.66. The highest BCUT2D eigenvalue weighted by molar-refractivity contribution is 5.88. The van der Waals surface area contributed by atoms with Crippen LogP contribution < -0.4 is 0 Å². The first kappa shape index (κ1) is 7.03. The molecule has 0 bridgehead atoms. The molecule has 0 amide bonds. The minimum Gasteiger partial charge on any atom is -0.298 e. The van der Waals surface area contributed by atoms with Crippen molar-refractivity contribution >= 4 is 17.2 Å². The van der Waals surface area contributed by atoms with E-state index in [1.54, 1.807) is 12.3 Å². The molecule has 2 aromatic rings. The van der Waals surface area contributed by atoms with Gasteiger partial charge in [-0.05, 0) is 24.6 Å². The van der Waals surface area contributed by atoms with Gasteiger partial charge in [0.25, 0.3) is 0 Å². The third-order valence-electron chi connectivity index (χ3n) is 1.92. The van der Waals surface area contributed by atoms with Gasteiger partial charge in [-0.1, -0.05) is 0 Å². The number of nitrogens with one attached hydrogen (secondary N) is 1. The van der Waals surface area contributed by atoms with E-state index in [1.807, 2.05) is 13.0 Å². The fourth-order valence-corrected chi connectivity index (χ4v) is 1.32. The number of aryl methyl sites for hydroxylation is 1. The maximum absolute atomic E-state index is 10.5. The molecule has 0 spiro atoms. The lowest BCUT2D eigenvalue weighted by Crippen LogP contribution is -1.82. The van der Waals surface area contributed by atoms with E-state index in [0.717, 1.165) is 22.8 Å². The molecule has 0 aliphatic rings. The van der Waals surface area contributed by atoms with Crippen LogP contribution in [0, 0.1) is 6.92 Å². The molecule has 0 saturated heterocycles. The Kier molecular flexibility index (Phi) is 1.43. The smallest absolute Gasteiger partial charge is 0.150 e. The average Bonchev–Trinajstić information content (AvgIpc) is 2.52. The van der Waals surface area contributed by atoms with Gasteiger partial charge in [-0.15, -0.1) is 0 Å². The van der Waals surface area contributed by atoms with E-state index in [1.165, 1.54) is 0 Å². The Hall–Kier alpha value is -1.64. The SMILES string of the molecule is Cc1cc(C=O)cc2[nH]ncc12. The van der Waals surface area contributed by atoms with E-state index in [0.29, 0.717) is 5.56 Å². The Balaban J connectivity index is 2.83. The van der Waals surface area contributed by atoms with Crippen molar-refractivity contribution in [2.24, 2.45) is 0 Å². The van der Waals surface area contributed by atoms with Crippen molar-refractivity contribution in [1.82, 2.24) is 10.2 Å². The Morgan fingerprint density at radius 3 is 3.08 bits per heavy atom. The second kappa shape index (κ2) is 2.44. The van der Waals surface area contributed by atoms with Gasteiger partial charge in [0.1, 0.15) is 6.29 Å². The molecule has 0 aliphatic heterocycles. The molecule has 3 nitrogen and oxygen atoms in total. The first-order valence-electron chi connectivity index (χ1n) is 3.70. The van der Waals surface area contributed by atoms with Gasteiger partial charge in [0.2, 0.25) is 0 Å². The predicted octanol–water partition coefficient (Wildman–Crippen LogP) is 1.68. The maximum Gasteiger partial charge on any atom is 0.150 e. The molecule has 0 atom stereocenters. The summed E-state index contributed by atoms with van der Waals surface area (Å²) >= 11 is 0. The first-order chi connectivity index (χ1) is 5.81. The molecular formula is C9H8N2O. The molecule has 0 aliphatic carbocycles. The zero-order chi connectivity index (χ0) is 8.55. The first-order valence-corrected chi connectivity index (χ1v) is 3.70. The quantitative estimate of drug-likeness (QED) is 0.645. The molecule has 1 aromatic carbocycles. The van der Waals surface area contributed by atoms with Crippen LogP contribution in [0.1, 0.15) is 15.9 Å². The molecule has 2 rings (SSSR count). The summed E-state index contributed by atoms with van der Waals surface area (Å²) in [4.78, 5) is 10.5. The summed E-state index contributed by atoms with van der Waals surface area (Å²) in [5.74, 6) is 0. The number of carbonyl (C=O) groups is 1. The van der Waals surface area contributed by atoms with Crippen molar-refractivity contribution < 1.29 is 4.79 Å². The molecule has 0 unspecified atom stereocenters. The van der Waals surface area contributed by atoms with Gasteiger partial charge in [0.15, 0.2) is 0 Å². The molecule has 0 radical (unpaired) electrons. The predicted molar refractivity (Wildman–Crippen MR) is 46.2 cm³/mol. The van der Waals surface area contributed by atoms with Crippen molar-refractivity contribution in [2.75, 3.05) is 0 Å². The van der Waals surface area contributed by atoms with Crippen LogP contribution in [0.3, 0.4) is 0 Å². The number of nitrogens with zero attached hydrogens (tertiary/aromatic N) is 1. The lowest BCUT2D eigenvalue weighted by molar-refractivity contribution is 0.112. The van der Waals surface area contributed by atoms with Gasteiger partial charge in [-0.25, -0.2) is 0 Å². The van der Waals surface area contributed by atoms with Crippen molar-refractivity contribution in [2.45, 2.75) is 6.92 Å². The minimum absolute atomic E-state index is 0.684. The number of hydrogen-bond acceptors (Lipinski definition) is 2. The van der Waals surface area contributed by atoms with E-state index in [2.05, 4.69) is 10.2 Å². The largest absolute Gasteiger partial charge is 0.298 e. The minimum atomic E-state index is 0.684. The fraction of sp³-hybridized carbons (Fsp3) is 0.111. The number of hydrogen-bond donors (Lipinski definition) is 1. The van der Waals surface area contributed by atoms with Crippen LogP contribution in [0.4, 0.5) is 0 Å². The van der Waals surface area contributed by atoms with Crippen molar-refractivity contribution in [3.8, 4) is 0 Å². The van der Waals surface area contributed by atoms with Crippen LogP contribution in [0.15, 0.2) is 18.3 Å². The Labute approximate surface area is 69.4 Å². The molecule has 0 saturated carbocycles. The highest BCUT2D eigenvalue weighted by atomic mass is 16.1. The monoisotopic (exact) mass is 160 g/mol. The van der Waals surface area contributed by atoms with Crippen LogP contribution in [0.2, 0.25) is 0 Å². The van der Waals surface area contributed by atoms with Gasteiger partial charge >= 0.3 is 0 Å². The zero-order valence-corrected chi connectivity index (χ0v) is 6.66. The summed E-state index contributed by atoms with van der Waals surface area (Å²) in [5, 5.41) is 7.79. The van der Waals surface area contributed by atoms with E-state index in [4.69, 9.17) is 0 Å². The summed E-state index contributed by atoms with van der Waals surface area (Å²) in [5.41, 5.74) is 2.67. The summed E-state index contributed by atoms with van der Waals surface area (Å²) in [6.07, 6.45) is 2.60. The highest BCUT2D eigenvalue weighted by Gasteiger charge is 2.00. The van der Waals surface area contributed by atoms with E-state index in [9.17, 15) is 4.79 Å². The number of benzene rings is 1. The molecule has 1 N–H and O–H groups in total. The van der Waals surface area contributed by atoms with Gasteiger partial charge in [0, 0.05) is 10.9 Å². The maximum atomic E-state index is 10.5. The molecule has 1 aromatic heterocycles. The number of H-pyrrole nitrogens is 1. The van der Waals surface area contributed by atoms with Gasteiger partial charge in [-0.2, -0.15) is 5.10 Å². The summed E-state index contributed by atoms with van der Waals surface area (Å²) in [6.45, 7) is 1.96. The number of fused-ring (bicyclic) bond motifs is 1. The number of aromatic amines is 1. The lowest BCUT2D eigenvalue weighted by atomic mass is 10.1. The standard InChI is InChI=1S/C9H8N2O/c1-6-2-7(5-12)3-9-8(6)4-10-11-9/h2-5H,1H3,(H,10,11). The third-order valence-corrected chi connectivity index (χ3v) is 1.92. The summed E-state index contributed by atoms with van der Waals surface area (Å²) in [6, 6.07) is 3.65. The summed E-state index contributed by atoms with van der Waals surface area (Å²) < 4.78 is 0. The lowest BCUT2D eigenvalue weighted by Gasteiger charge is -1.95.